The molecule has 7 heteroatoms. The summed E-state index contributed by atoms with van der Waals surface area (Å²) in [6, 6.07) is 9.45. The minimum atomic E-state index is -0.571. The average molecular weight is 286 g/mol. The smallest absolute Gasteiger partial charge is 0.282 e. The van der Waals surface area contributed by atoms with Crippen LogP contribution in [0.3, 0.4) is 0 Å². The number of carbonyl (C=O) groups is 1. The SMILES string of the molecule is CNc1ccc([N+](=O)[O-])c(C(=O)N(C)c2ccccn2)c1. The van der Waals surface area contributed by atoms with Crippen LogP contribution >= 0.6 is 0 Å². The van der Waals surface area contributed by atoms with Gasteiger partial charge in [-0.2, -0.15) is 0 Å². The molecule has 0 fully saturated rings. The molecule has 0 saturated carbocycles. The molecule has 0 aliphatic carbocycles. The van der Waals surface area contributed by atoms with Crippen LogP contribution in [0.5, 0.6) is 0 Å². The first-order valence-corrected chi connectivity index (χ1v) is 6.20. The lowest BCUT2D eigenvalue weighted by Crippen LogP contribution is -2.27. The topological polar surface area (TPSA) is 88.4 Å². The summed E-state index contributed by atoms with van der Waals surface area (Å²) >= 11 is 0. The highest BCUT2D eigenvalue weighted by Crippen LogP contribution is 2.25. The zero-order chi connectivity index (χ0) is 15.4. The molecule has 21 heavy (non-hydrogen) atoms. The normalized spacial score (nSPS) is 10.0. The molecule has 1 aromatic heterocycles. The second-order valence-corrected chi connectivity index (χ2v) is 4.29. The van der Waals surface area contributed by atoms with Crippen molar-refractivity contribution in [2.75, 3.05) is 24.3 Å². The third-order valence-corrected chi connectivity index (χ3v) is 3.01. The Hall–Kier alpha value is -2.96. The molecular weight excluding hydrogens is 272 g/mol. The van der Waals surface area contributed by atoms with Crippen LogP contribution in [-0.4, -0.2) is 29.9 Å². The molecule has 1 N–H and O–H groups in total. The maximum absolute atomic E-state index is 12.5. The summed E-state index contributed by atoms with van der Waals surface area (Å²) in [7, 11) is 3.21. The lowest BCUT2D eigenvalue weighted by atomic mass is 10.1. The van der Waals surface area contributed by atoms with Crippen molar-refractivity contribution in [2.24, 2.45) is 0 Å². The standard InChI is InChI=1S/C14H14N4O3/c1-15-10-6-7-12(18(20)21)11(9-10)14(19)17(2)13-5-3-4-8-16-13/h3-9,15H,1-2H3. The molecule has 1 heterocycles. The second-order valence-electron chi connectivity index (χ2n) is 4.29. The van der Waals surface area contributed by atoms with Crippen LogP contribution in [-0.2, 0) is 0 Å². The monoisotopic (exact) mass is 286 g/mol. The summed E-state index contributed by atoms with van der Waals surface area (Å²) < 4.78 is 0. The minimum Gasteiger partial charge on any atom is -0.388 e. The zero-order valence-electron chi connectivity index (χ0n) is 11.6. The number of carbonyl (C=O) groups excluding carboxylic acids is 1. The number of aromatic nitrogens is 1. The molecule has 0 radical (unpaired) electrons. The molecule has 0 spiro atoms. The van der Waals surface area contributed by atoms with Gasteiger partial charge in [-0.05, 0) is 24.3 Å². The van der Waals surface area contributed by atoms with E-state index in [1.165, 1.54) is 24.1 Å². The Labute approximate surface area is 121 Å². The fraction of sp³-hybridized carbons (Fsp3) is 0.143. The number of nitro benzene ring substituents is 1. The van der Waals surface area contributed by atoms with E-state index in [4.69, 9.17) is 0 Å². The Balaban J connectivity index is 2.44. The highest BCUT2D eigenvalue weighted by Gasteiger charge is 2.24. The third kappa shape index (κ3) is 2.97. The Morgan fingerprint density at radius 1 is 1.33 bits per heavy atom. The molecule has 0 aliphatic rings. The van der Waals surface area contributed by atoms with Crippen molar-refractivity contribution in [2.45, 2.75) is 0 Å². The molecule has 0 atom stereocenters. The van der Waals surface area contributed by atoms with Gasteiger partial charge < -0.3 is 5.32 Å². The van der Waals surface area contributed by atoms with Crippen LogP contribution in [0.15, 0.2) is 42.6 Å². The van der Waals surface area contributed by atoms with E-state index >= 15 is 0 Å². The van der Waals surface area contributed by atoms with Crippen LogP contribution in [0.4, 0.5) is 17.2 Å². The first-order valence-electron chi connectivity index (χ1n) is 6.20. The number of nitrogens with one attached hydrogen (secondary N) is 1. The van der Waals surface area contributed by atoms with Crippen molar-refractivity contribution >= 4 is 23.1 Å². The maximum atomic E-state index is 12.5. The van der Waals surface area contributed by atoms with E-state index in [9.17, 15) is 14.9 Å². The van der Waals surface area contributed by atoms with Crippen LogP contribution < -0.4 is 10.2 Å². The summed E-state index contributed by atoms with van der Waals surface area (Å²) in [5.41, 5.74) is 0.403. The molecule has 2 rings (SSSR count). The Morgan fingerprint density at radius 3 is 2.67 bits per heavy atom. The quantitative estimate of drug-likeness (QED) is 0.688. The molecule has 0 unspecified atom stereocenters. The van der Waals surface area contributed by atoms with Gasteiger partial charge in [0.1, 0.15) is 11.4 Å². The molecule has 1 amide bonds. The molecular formula is C14H14N4O3. The van der Waals surface area contributed by atoms with Crippen LogP contribution in [0.2, 0.25) is 0 Å². The maximum Gasteiger partial charge on any atom is 0.282 e. The van der Waals surface area contributed by atoms with E-state index in [1.54, 1.807) is 37.5 Å². The van der Waals surface area contributed by atoms with Crippen molar-refractivity contribution in [1.82, 2.24) is 4.98 Å². The number of anilines is 2. The largest absolute Gasteiger partial charge is 0.388 e. The first kappa shape index (κ1) is 14.4. The van der Waals surface area contributed by atoms with Crippen LogP contribution in [0.1, 0.15) is 10.4 Å². The number of benzene rings is 1. The molecule has 1 aromatic carbocycles. The zero-order valence-corrected chi connectivity index (χ0v) is 11.6. The average Bonchev–Trinajstić information content (AvgIpc) is 2.53. The number of nitro groups is 1. The summed E-state index contributed by atoms with van der Waals surface area (Å²) in [6.07, 6.45) is 1.55. The molecule has 0 saturated heterocycles. The summed E-state index contributed by atoms with van der Waals surface area (Å²) in [4.78, 5) is 28.3. The number of hydrogen-bond donors (Lipinski definition) is 1. The number of hydrogen-bond acceptors (Lipinski definition) is 5. The van der Waals surface area contributed by atoms with Gasteiger partial charge in [0.2, 0.25) is 0 Å². The fourth-order valence-corrected chi connectivity index (χ4v) is 1.86. The van der Waals surface area contributed by atoms with Gasteiger partial charge in [-0.1, -0.05) is 6.07 Å². The van der Waals surface area contributed by atoms with Crippen molar-refractivity contribution in [3.05, 3.63) is 58.3 Å². The fourth-order valence-electron chi connectivity index (χ4n) is 1.86. The predicted molar refractivity (Wildman–Crippen MR) is 79.6 cm³/mol. The first-order chi connectivity index (χ1) is 10.0. The van der Waals surface area contributed by atoms with Crippen LogP contribution in [0.25, 0.3) is 0 Å². The van der Waals surface area contributed by atoms with Crippen molar-refractivity contribution in [1.29, 1.82) is 0 Å². The Kier molecular flexibility index (Phi) is 4.13. The Morgan fingerprint density at radius 2 is 2.10 bits per heavy atom. The number of nitrogens with zero attached hydrogens (tertiary/aromatic N) is 3. The van der Waals surface area contributed by atoms with Gasteiger partial charge >= 0.3 is 0 Å². The van der Waals surface area contributed by atoms with E-state index in [1.807, 2.05) is 0 Å². The number of pyridine rings is 1. The van der Waals surface area contributed by atoms with E-state index in [-0.39, 0.29) is 11.3 Å². The summed E-state index contributed by atoms with van der Waals surface area (Å²) in [5.74, 6) is -0.0656. The highest BCUT2D eigenvalue weighted by atomic mass is 16.6. The molecule has 2 aromatic rings. The number of amides is 1. The Bertz CT molecular complexity index is 673. The molecule has 7 nitrogen and oxygen atoms in total. The molecule has 0 aliphatic heterocycles. The summed E-state index contributed by atoms with van der Waals surface area (Å²) in [6.45, 7) is 0. The predicted octanol–water partition coefficient (Wildman–Crippen LogP) is 2.31. The van der Waals surface area contributed by atoms with E-state index < -0.39 is 10.8 Å². The number of rotatable bonds is 4. The van der Waals surface area contributed by atoms with E-state index in [0.717, 1.165) is 0 Å². The van der Waals surface area contributed by atoms with Crippen molar-refractivity contribution < 1.29 is 9.72 Å². The molecule has 108 valence electrons. The van der Waals surface area contributed by atoms with Crippen molar-refractivity contribution in [3.8, 4) is 0 Å². The third-order valence-electron chi connectivity index (χ3n) is 3.01. The lowest BCUT2D eigenvalue weighted by Gasteiger charge is -2.16. The van der Waals surface area contributed by atoms with Gasteiger partial charge in [0.05, 0.1) is 4.92 Å². The summed E-state index contributed by atoms with van der Waals surface area (Å²) in [5, 5.41) is 13.9. The lowest BCUT2D eigenvalue weighted by molar-refractivity contribution is -0.385. The van der Waals surface area contributed by atoms with E-state index in [2.05, 4.69) is 10.3 Å². The second kappa shape index (κ2) is 6.00. The molecule has 0 bridgehead atoms. The minimum absolute atomic E-state index is 0.0139. The van der Waals surface area contributed by atoms with Gasteiger partial charge in [0.15, 0.2) is 0 Å². The van der Waals surface area contributed by atoms with Crippen molar-refractivity contribution in [3.63, 3.8) is 0 Å². The van der Waals surface area contributed by atoms with Gasteiger partial charge in [-0.25, -0.2) is 4.98 Å². The van der Waals surface area contributed by atoms with Gasteiger partial charge in [0.25, 0.3) is 11.6 Å². The van der Waals surface area contributed by atoms with E-state index in [0.29, 0.717) is 11.5 Å². The highest BCUT2D eigenvalue weighted by molar-refractivity contribution is 6.08. The van der Waals surface area contributed by atoms with Gasteiger partial charge in [-0.3, -0.25) is 19.8 Å². The van der Waals surface area contributed by atoms with Gasteiger partial charge in [-0.15, -0.1) is 0 Å². The van der Waals surface area contributed by atoms with Gasteiger partial charge in [0, 0.05) is 32.0 Å². The van der Waals surface area contributed by atoms with Crippen LogP contribution in [0, 0.1) is 10.1 Å².